The Labute approximate surface area is 435 Å². The van der Waals surface area contributed by atoms with Crippen molar-refractivity contribution in [3.63, 3.8) is 0 Å². The number of ether oxygens (including phenoxy) is 1. The predicted molar refractivity (Wildman–Crippen MR) is 305 cm³/mol. The molecule has 0 aromatic carbocycles. The molecule has 408 valence electrons. The molecule has 0 saturated carbocycles. The molecule has 0 radical (unpaired) electrons. The van der Waals surface area contributed by atoms with E-state index >= 15 is 0 Å². The molecule has 0 fully saturated rings. The monoisotopic (exact) mass is 980 g/mol. The lowest BCUT2D eigenvalue weighted by atomic mass is 10.0. The summed E-state index contributed by atoms with van der Waals surface area (Å²) in [5.41, 5.74) is 0. The van der Waals surface area contributed by atoms with Crippen LogP contribution < -0.4 is 5.32 Å². The van der Waals surface area contributed by atoms with E-state index in [1.807, 2.05) is 6.08 Å². The Morgan fingerprint density at radius 1 is 0.414 bits per heavy atom. The SMILES string of the molecule is CCCCC/C=C\C/C=C\CCCCCCCCCCCC(=O)OCCCCC/C=C\C=C/CCCCCCCCC(=O)NC(CO)C(O)/C=C/CCCCCCCCCCCCCCCCCCC. The Hall–Kier alpha value is -2.44. The summed E-state index contributed by atoms with van der Waals surface area (Å²) < 4.78 is 5.46. The van der Waals surface area contributed by atoms with Crippen LogP contribution in [0, 0.1) is 0 Å². The first kappa shape index (κ1) is 67.6. The highest BCUT2D eigenvalue weighted by Crippen LogP contribution is 2.16. The van der Waals surface area contributed by atoms with Crippen molar-refractivity contribution in [2.75, 3.05) is 13.2 Å². The van der Waals surface area contributed by atoms with Crippen LogP contribution in [0.25, 0.3) is 0 Å². The maximum atomic E-state index is 12.5. The van der Waals surface area contributed by atoms with Gasteiger partial charge in [-0.3, -0.25) is 9.59 Å². The molecule has 0 aliphatic rings. The fourth-order valence-electron chi connectivity index (χ4n) is 9.07. The second kappa shape index (κ2) is 59.1. The van der Waals surface area contributed by atoms with E-state index in [4.69, 9.17) is 4.74 Å². The summed E-state index contributed by atoms with van der Waals surface area (Å²) in [7, 11) is 0. The summed E-state index contributed by atoms with van der Waals surface area (Å²) >= 11 is 0. The minimum Gasteiger partial charge on any atom is -0.466 e. The number of hydrogen-bond donors (Lipinski definition) is 3. The van der Waals surface area contributed by atoms with Crippen LogP contribution in [-0.4, -0.2) is 47.4 Å². The van der Waals surface area contributed by atoms with Crippen LogP contribution >= 0.6 is 0 Å². The zero-order valence-electron chi connectivity index (χ0n) is 46.5. The number of carbonyl (C=O) groups excluding carboxylic acids is 2. The fourth-order valence-corrected chi connectivity index (χ4v) is 9.07. The minimum absolute atomic E-state index is 0.0270. The van der Waals surface area contributed by atoms with Crippen LogP contribution in [0.2, 0.25) is 0 Å². The summed E-state index contributed by atoms with van der Waals surface area (Å²) in [5, 5.41) is 23.2. The van der Waals surface area contributed by atoms with Crippen LogP contribution in [0.5, 0.6) is 0 Å². The van der Waals surface area contributed by atoms with Gasteiger partial charge in [-0.05, 0) is 96.3 Å². The van der Waals surface area contributed by atoms with E-state index in [2.05, 4.69) is 67.8 Å². The lowest BCUT2D eigenvalue weighted by molar-refractivity contribution is -0.143. The second-order valence-electron chi connectivity index (χ2n) is 20.7. The molecule has 0 aromatic rings. The number of hydrogen-bond acceptors (Lipinski definition) is 5. The highest BCUT2D eigenvalue weighted by atomic mass is 16.5. The average Bonchev–Trinajstić information content (AvgIpc) is 3.36. The molecule has 0 bridgehead atoms. The molecule has 1 amide bonds. The van der Waals surface area contributed by atoms with Gasteiger partial charge in [0.05, 0.1) is 25.4 Å². The van der Waals surface area contributed by atoms with Crippen molar-refractivity contribution in [3.05, 3.63) is 60.8 Å². The van der Waals surface area contributed by atoms with Gasteiger partial charge in [-0.15, -0.1) is 0 Å². The minimum atomic E-state index is -0.861. The van der Waals surface area contributed by atoms with Gasteiger partial charge in [-0.25, -0.2) is 0 Å². The van der Waals surface area contributed by atoms with Crippen molar-refractivity contribution in [2.45, 2.75) is 321 Å². The van der Waals surface area contributed by atoms with Crippen molar-refractivity contribution >= 4 is 11.9 Å². The summed E-state index contributed by atoms with van der Waals surface area (Å²) in [5.74, 6) is -0.117. The topological polar surface area (TPSA) is 95.9 Å². The fraction of sp³-hybridized carbons (Fsp3) is 0.812. The Morgan fingerprint density at radius 3 is 1.20 bits per heavy atom. The smallest absolute Gasteiger partial charge is 0.305 e. The highest BCUT2D eigenvalue weighted by Gasteiger charge is 2.18. The second-order valence-corrected chi connectivity index (χ2v) is 20.7. The lowest BCUT2D eigenvalue weighted by Crippen LogP contribution is -2.45. The summed E-state index contributed by atoms with van der Waals surface area (Å²) in [6.07, 6.45) is 76.8. The van der Waals surface area contributed by atoms with Gasteiger partial charge in [0.25, 0.3) is 0 Å². The van der Waals surface area contributed by atoms with Crippen LogP contribution in [-0.2, 0) is 14.3 Å². The maximum Gasteiger partial charge on any atom is 0.305 e. The number of rotatable bonds is 56. The molecule has 0 aliphatic carbocycles. The number of aliphatic hydroxyl groups is 2. The van der Waals surface area contributed by atoms with E-state index in [1.165, 1.54) is 199 Å². The van der Waals surface area contributed by atoms with Gasteiger partial charge in [0.2, 0.25) is 5.91 Å². The van der Waals surface area contributed by atoms with Crippen LogP contribution in [0.3, 0.4) is 0 Å². The summed E-state index contributed by atoms with van der Waals surface area (Å²) in [6, 6.07) is -0.647. The van der Waals surface area contributed by atoms with Gasteiger partial charge in [-0.2, -0.15) is 0 Å². The van der Waals surface area contributed by atoms with Crippen LogP contribution in [0.1, 0.15) is 309 Å². The van der Waals surface area contributed by atoms with Gasteiger partial charge >= 0.3 is 5.97 Å². The first-order chi connectivity index (χ1) is 34.5. The van der Waals surface area contributed by atoms with E-state index in [0.29, 0.717) is 19.4 Å². The zero-order valence-corrected chi connectivity index (χ0v) is 46.5. The third-order valence-electron chi connectivity index (χ3n) is 13.8. The molecule has 0 saturated heterocycles. The number of unbranched alkanes of at least 4 members (excludes halogenated alkanes) is 38. The first-order valence-electron chi connectivity index (χ1n) is 30.6. The Balaban J connectivity index is 3.54. The third-order valence-corrected chi connectivity index (χ3v) is 13.8. The number of nitrogens with one attached hydrogen (secondary N) is 1. The number of allylic oxidation sites excluding steroid dienone is 9. The molecule has 6 nitrogen and oxygen atoms in total. The number of aliphatic hydroxyl groups excluding tert-OH is 2. The molecule has 70 heavy (non-hydrogen) atoms. The molecule has 2 unspecified atom stereocenters. The molecule has 0 heterocycles. The van der Waals surface area contributed by atoms with Gasteiger partial charge in [0.1, 0.15) is 0 Å². The van der Waals surface area contributed by atoms with Crippen molar-refractivity contribution in [2.24, 2.45) is 0 Å². The Kier molecular flexibility index (Phi) is 57.1. The molecule has 2 atom stereocenters. The predicted octanol–water partition coefficient (Wildman–Crippen LogP) is 19.1. The van der Waals surface area contributed by atoms with Crippen molar-refractivity contribution in [1.29, 1.82) is 0 Å². The highest BCUT2D eigenvalue weighted by molar-refractivity contribution is 5.76. The Bertz CT molecular complexity index is 1220. The Morgan fingerprint density at radius 2 is 0.757 bits per heavy atom. The van der Waals surface area contributed by atoms with E-state index in [0.717, 1.165) is 83.5 Å². The largest absolute Gasteiger partial charge is 0.466 e. The van der Waals surface area contributed by atoms with Crippen LogP contribution in [0.4, 0.5) is 0 Å². The molecule has 3 N–H and O–H groups in total. The van der Waals surface area contributed by atoms with Crippen molar-refractivity contribution in [3.8, 4) is 0 Å². The lowest BCUT2D eigenvalue weighted by Gasteiger charge is -2.20. The van der Waals surface area contributed by atoms with Gasteiger partial charge in [0, 0.05) is 12.8 Å². The molecular weight excluding hydrogens is 863 g/mol. The summed E-state index contributed by atoms with van der Waals surface area (Å²) in [4.78, 5) is 24.6. The molecule has 0 aromatic heterocycles. The van der Waals surface area contributed by atoms with Crippen LogP contribution in [0.15, 0.2) is 60.8 Å². The van der Waals surface area contributed by atoms with Crippen molar-refractivity contribution < 1.29 is 24.5 Å². The molecule has 0 spiro atoms. The number of esters is 1. The maximum absolute atomic E-state index is 12.5. The average molecular weight is 981 g/mol. The molecule has 0 aliphatic heterocycles. The van der Waals surface area contributed by atoms with E-state index in [1.54, 1.807) is 6.08 Å². The first-order valence-corrected chi connectivity index (χ1v) is 30.6. The normalized spacial score (nSPS) is 13.0. The molecular formula is C64H117NO5. The standard InChI is InChI=1S/C64H117NO5/c1-3-5-7-9-11-13-15-17-19-21-23-25-28-32-36-40-44-48-52-56-62(67)61(60-66)65-63(68)57-53-49-45-41-37-33-29-27-31-35-39-43-47-51-55-59-70-64(69)58-54-50-46-42-38-34-30-26-24-22-20-18-16-14-12-10-8-6-4-2/h12,14,18,20,27,31,35,39,52,56,61-62,66-67H,3-11,13,15-17,19,21-26,28-30,32-34,36-38,40-51,53-55,57-60H2,1-2H3,(H,65,68)/b14-12-,20-18-,31-27-,39-35-,56-52+. The molecule has 6 heteroatoms. The number of amides is 1. The zero-order chi connectivity index (χ0) is 50.7. The quantitative estimate of drug-likeness (QED) is 0.0244. The van der Waals surface area contributed by atoms with E-state index in [-0.39, 0.29) is 18.5 Å². The summed E-state index contributed by atoms with van der Waals surface area (Å²) in [6.45, 7) is 4.83. The van der Waals surface area contributed by atoms with Gasteiger partial charge < -0.3 is 20.3 Å². The number of carbonyl (C=O) groups is 2. The molecule has 0 rings (SSSR count). The van der Waals surface area contributed by atoms with Gasteiger partial charge in [0.15, 0.2) is 0 Å². The van der Waals surface area contributed by atoms with E-state index in [9.17, 15) is 19.8 Å². The van der Waals surface area contributed by atoms with Gasteiger partial charge in [-0.1, -0.05) is 261 Å². The van der Waals surface area contributed by atoms with E-state index < -0.39 is 12.1 Å². The van der Waals surface area contributed by atoms with Crippen molar-refractivity contribution in [1.82, 2.24) is 5.32 Å². The third kappa shape index (κ3) is 54.9.